The van der Waals surface area contributed by atoms with Gasteiger partial charge in [0, 0.05) is 18.3 Å². The summed E-state index contributed by atoms with van der Waals surface area (Å²) < 4.78 is 0. The van der Waals surface area contributed by atoms with Crippen LogP contribution in [0.4, 0.5) is 5.69 Å². The number of allylic oxidation sites excluding steroid dienone is 2. The van der Waals surface area contributed by atoms with Crippen molar-refractivity contribution in [2.75, 3.05) is 12.4 Å². The Bertz CT molecular complexity index is 339. The lowest BCUT2D eigenvalue weighted by atomic mass is 9.93. The van der Waals surface area contributed by atoms with Crippen molar-refractivity contribution in [3.8, 4) is 0 Å². The molecular formula is C13H17N. The van der Waals surface area contributed by atoms with E-state index in [1.54, 1.807) is 0 Å². The average molecular weight is 187 g/mol. The van der Waals surface area contributed by atoms with Crippen LogP contribution in [-0.4, -0.2) is 7.05 Å². The Morgan fingerprint density at radius 3 is 2.71 bits per heavy atom. The largest absolute Gasteiger partial charge is 0.388 e. The summed E-state index contributed by atoms with van der Waals surface area (Å²) in [6, 6.07) is 8.55. The van der Waals surface area contributed by atoms with E-state index in [4.69, 9.17) is 0 Å². The lowest BCUT2D eigenvalue weighted by Gasteiger charge is -2.16. The van der Waals surface area contributed by atoms with Gasteiger partial charge in [-0.15, -0.1) is 0 Å². The van der Waals surface area contributed by atoms with E-state index in [2.05, 4.69) is 35.7 Å². The van der Waals surface area contributed by atoms with Crippen LogP contribution in [0, 0.1) is 0 Å². The first-order valence-electron chi connectivity index (χ1n) is 5.38. The highest BCUT2D eigenvalue weighted by molar-refractivity contribution is 5.76. The number of hydrogen-bond acceptors (Lipinski definition) is 1. The smallest absolute Gasteiger partial charge is 0.0413 e. The molecule has 74 valence electrons. The summed E-state index contributed by atoms with van der Waals surface area (Å²) in [5.74, 6) is 0. The molecule has 1 aromatic rings. The zero-order valence-electron chi connectivity index (χ0n) is 8.72. The summed E-state index contributed by atoms with van der Waals surface area (Å²) in [6.45, 7) is 0. The Morgan fingerprint density at radius 1 is 1.14 bits per heavy atom. The quantitative estimate of drug-likeness (QED) is 0.744. The Morgan fingerprint density at radius 2 is 2.00 bits per heavy atom. The van der Waals surface area contributed by atoms with Crippen LogP contribution >= 0.6 is 0 Å². The first-order chi connectivity index (χ1) is 6.92. The van der Waals surface area contributed by atoms with Crippen molar-refractivity contribution < 1.29 is 0 Å². The second kappa shape index (κ2) is 4.32. The molecule has 0 atom stereocenters. The lowest BCUT2D eigenvalue weighted by molar-refractivity contribution is 0.742. The fourth-order valence-corrected chi connectivity index (χ4v) is 2.06. The van der Waals surface area contributed by atoms with Crippen molar-refractivity contribution in [2.24, 2.45) is 0 Å². The van der Waals surface area contributed by atoms with Gasteiger partial charge in [-0.2, -0.15) is 0 Å². The van der Waals surface area contributed by atoms with Crippen LogP contribution in [0.15, 0.2) is 30.3 Å². The van der Waals surface area contributed by atoms with Crippen molar-refractivity contribution in [3.05, 3.63) is 35.9 Å². The number of nitrogens with one attached hydrogen (secondary N) is 1. The maximum atomic E-state index is 3.25. The van der Waals surface area contributed by atoms with Gasteiger partial charge in [0.1, 0.15) is 0 Å². The topological polar surface area (TPSA) is 12.0 Å². The molecule has 1 heteroatoms. The Balaban J connectivity index is 2.34. The second-order valence-electron chi connectivity index (χ2n) is 3.77. The van der Waals surface area contributed by atoms with Gasteiger partial charge < -0.3 is 5.32 Å². The number of para-hydroxylation sites is 1. The van der Waals surface area contributed by atoms with E-state index < -0.39 is 0 Å². The minimum Gasteiger partial charge on any atom is -0.388 e. The number of rotatable bonds is 2. The molecule has 0 amide bonds. The van der Waals surface area contributed by atoms with Crippen molar-refractivity contribution in [1.82, 2.24) is 0 Å². The number of hydrogen-bond donors (Lipinski definition) is 1. The van der Waals surface area contributed by atoms with Crippen LogP contribution in [0.25, 0.3) is 5.57 Å². The molecule has 0 saturated carbocycles. The van der Waals surface area contributed by atoms with Gasteiger partial charge in [-0.3, -0.25) is 0 Å². The predicted molar refractivity (Wildman–Crippen MR) is 62.4 cm³/mol. The average Bonchev–Trinajstić information content (AvgIpc) is 2.30. The minimum absolute atomic E-state index is 1.23. The van der Waals surface area contributed by atoms with Gasteiger partial charge in [0.15, 0.2) is 0 Å². The lowest BCUT2D eigenvalue weighted by Crippen LogP contribution is -1.97. The molecule has 1 aliphatic carbocycles. The molecule has 1 nitrogen and oxygen atoms in total. The molecule has 0 fully saturated rings. The summed E-state index contributed by atoms with van der Waals surface area (Å²) in [5, 5.41) is 3.25. The van der Waals surface area contributed by atoms with Gasteiger partial charge in [-0.05, 0) is 37.3 Å². The predicted octanol–water partition coefficient (Wildman–Crippen LogP) is 3.69. The molecule has 0 radical (unpaired) electrons. The standard InChI is InChI=1S/C13H17N/c1-14-13-10-6-5-9-12(13)11-7-3-2-4-8-11/h5-7,9-10,14H,2-4,8H2,1H3. The Labute approximate surface area is 85.8 Å². The molecule has 0 unspecified atom stereocenters. The molecule has 1 aromatic carbocycles. The molecule has 14 heavy (non-hydrogen) atoms. The molecule has 2 rings (SSSR count). The van der Waals surface area contributed by atoms with Gasteiger partial charge in [0.25, 0.3) is 0 Å². The molecule has 0 aromatic heterocycles. The molecule has 1 aliphatic rings. The first-order valence-corrected chi connectivity index (χ1v) is 5.38. The van der Waals surface area contributed by atoms with Crippen LogP contribution in [-0.2, 0) is 0 Å². The highest BCUT2D eigenvalue weighted by atomic mass is 14.8. The van der Waals surface area contributed by atoms with Crippen molar-refractivity contribution in [2.45, 2.75) is 25.7 Å². The normalized spacial score (nSPS) is 16.2. The van der Waals surface area contributed by atoms with E-state index >= 15 is 0 Å². The van der Waals surface area contributed by atoms with Crippen molar-refractivity contribution in [1.29, 1.82) is 0 Å². The highest BCUT2D eigenvalue weighted by Gasteiger charge is 2.08. The van der Waals surface area contributed by atoms with Gasteiger partial charge >= 0.3 is 0 Å². The van der Waals surface area contributed by atoms with E-state index in [0.29, 0.717) is 0 Å². The van der Waals surface area contributed by atoms with Gasteiger partial charge in [0.2, 0.25) is 0 Å². The second-order valence-corrected chi connectivity index (χ2v) is 3.77. The zero-order chi connectivity index (χ0) is 9.80. The van der Waals surface area contributed by atoms with E-state index in [1.165, 1.54) is 42.5 Å². The maximum Gasteiger partial charge on any atom is 0.0413 e. The van der Waals surface area contributed by atoms with Crippen LogP contribution in [0.3, 0.4) is 0 Å². The van der Waals surface area contributed by atoms with E-state index in [-0.39, 0.29) is 0 Å². The van der Waals surface area contributed by atoms with Crippen LogP contribution < -0.4 is 5.32 Å². The summed E-state index contributed by atoms with van der Waals surface area (Å²) >= 11 is 0. The van der Waals surface area contributed by atoms with Gasteiger partial charge in [-0.25, -0.2) is 0 Å². The van der Waals surface area contributed by atoms with Gasteiger partial charge in [-0.1, -0.05) is 24.3 Å². The summed E-state index contributed by atoms with van der Waals surface area (Å²) in [5.41, 5.74) is 4.15. The zero-order valence-corrected chi connectivity index (χ0v) is 8.72. The fraction of sp³-hybridized carbons (Fsp3) is 0.385. The monoisotopic (exact) mass is 187 g/mol. The molecule has 0 saturated heterocycles. The highest BCUT2D eigenvalue weighted by Crippen LogP contribution is 2.30. The Kier molecular flexibility index (Phi) is 2.87. The molecule has 0 aliphatic heterocycles. The minimum atomic E-state index is 1.23. The Hall–Kier alpha value is -1.24. The summed E-state index contributed by atoms with van der Waals surface area (Å²) in [6.07, 6.45) is 7.56. The van der Waals surface area contributed by atoms with Crippen molar-refractivity contribution >= 4 is 11.3 Å². The third-order valence-electron chi connectivity index (χ3n) is 2.83. The van der Waals surface area contributed by atoms with E-state index in [9.17, 15) is 0 Å². The molecule has 0 heterocycles. The van der Waals surface area contributed by atoms with Gasteiger partial charge in [0.05, 0.1) is 0 Å². The molecular weight excluding hydrogens is 170 g/mol. The number of anilines is 1. The summed E-state index contributed by atoms with van der Waals surface area (Å²) in [7, 11) is 1.99. The molecule has 0 spiro atoms. The maximum absolute atomic E-state index is 3.25. The summed E-state index contributed by atoms with van der Waals surface area (Å²) in [4.78, 5) is 0. The number of benzene rings is 1. The van der Waals surface area contributed by atoms with Crippen molar-refractivity contribution in [3.63, 3.8) is 0 Å². The fourth-order valence-electron chi connectivity index (χ4n) is 2.06. The first kappa shape index (κ1) is 9.32. The third kappa shape index (κ3) is 1.82. The van der Waals surface area contributed by atoms with E-state index in [0.717, 1.165) is 0 Å². The van der Waals surface area contributed by atoms with Crippen LogP contribution in [0.2, 0.25) is 0 Å². The van der Waals surface area contributed by atoms with Crippen LogP contribution in [0.5, 0.6) is 0 Å². The van der Waals surface area contributed by atoms with Crippen LogP contribution in [0.1, 0.15) is 31.2 Å². The molecule has 0 bridgehead atoms. The molecule has 1 N–H and O–H groups in total. The SMILES string of the molecule is CNc1ccccc1C1=CCCCC1. The third-order valence-corrected chi connectivity index (χ3v) is 2.83. The van der Waals surface area contributed by atoms with E-state index in [1.807, 2.05) is 7.05 Å².